The number of pyridine rings is 1. The van der Waals surface area contributed by atoms with E-state index in [9.17, 15) is 0 Å². The van der Waals surface area contributed by atoms with Gasteiger partial charge < -0.3 is 9.16 Å². The Balaban J connectivity index is 1.72. The fourth-order valence-corrected chi connectivity index (χ4v) is 4.20. The second-order valence-corrected chi connectivity index (χ2v) is 13.4. The summed E-state index contributed by atoms with van der Waals surface area (Å²) in [7, 11) is -1.66. The number of thioether (sulfide) groups is 1. The first-order valence-electron chi connectivity index (χ1n) is 8.09. The van der Waals surface area contributed by atoms with Crippen molar-refractivity contribution in [1.82, 2.24) is 4.98 Å². The van der Waals surface area contributed by atoms with Gasteiger partial charge >= 0.3 is 0 Å². The molecule has 1 aromatic heterocycles. The van der Waals surface area contributed by atoms with Crippen LogP contribution in [0.25, 0.3) is 0 Å². The number of aromatic nitrogens is 1. The summed E-state index contributed by atoms with van der Waals surface area (Å²) < 4.78 is 12.4. The Labute approximate surface area is 140 Å². The summed E-state index contributed by atoms with van der Waals surface area (Å²) in [5, 5.41) is 0.263. The van der Waals surface area contributed by atoms with Gasteiger partial charge in [0.15, 0.2) is 8.32 Å². The summed E-state index contributed by atoms with van der Waals surface area (Å²) in [6.07, 6.45) is 4.33. The number of nitrogens with zero attached hydrogens (tertiary/aromatic N) is 1. The number of rotatable bonds is 6. The molecule has 0 N–H and O–H groups in total. The Bertz CT molecular complexity index is 461. The van der Waals surface area contributed by atoms with E-state index in [1.54, 1.807) is 0 Å². The number of ether oxygens (including phenoxy) is 1. The normalized spacial score (nSPS) is 23.0. The van der Waals surface area contributed by atoms with Gasteiger partial charge in [-0.2, -0.15) is 0 Å². The second kappa shape index (κ2) is 7.47. The summed E-state index contributed by atoms with van der Waals surface area (Å²) >= 11 is 1.85. The summed E-state index contributed by atoms with van der Waals surface area (Å²) in [5.74, 6) is 0.918. The van der Waals surface area contributed by atoms with E-state index in [1.165, 1.54) is 0 Å². The van der Waals surface area contributed by atoms with E-state index in [2.05, 4.69) is 44.9 Å². The molecule has 2 rings (SSSR count). The Morgan fingerprint density at radius 1 is 1.32 bits per heavy atom. The number of hydrogen-bond donors (Lipinski definition) is 0. The summed E-state index contributed by atoms with van der Waals surface area (Å²) in [6.45, 7) is 12.2. The second-order valence-electron chi connectivity index (χ2n) is 7.47. The maximum absolute atomic E-state index is 6.28. The smallest absolute Gasteiger partial charge is 0.192 e. The fraction of sp³-hybridized carbons (Fsp3) is 0.706. The predicted octanol–water partition coefficient (Wildman–Crippen LogP) is 4.84. The Morgan fingerprint density at radius 3 is 2.73 bits per heavy atom. The van der Waals surface area contributed by atoms with E-state index in [0.29, 0.717) is 0 Å². The Morgan fingerprint density at radius 2 is 2.09 bits per heavy atom. The highest BCUT2D eigenvalue weighted by Crippen LogP contribution is 2.37. The van der Waals surface area contributed by atoms with Crippen LogP contribution in [0.15, 0.2) is 24.4 Å². The van der Waals surface area contributed by atoms with Gasteiger partial charge in [-0.1, -0.05) is 26.8 Å². The zero-order valence-corrected chi connectivity index (χ0v) is 16.3. The molecule has 1 aliphatic rings. The van der Waals surface area contributed by atoms with Gasteiger partial charge in [-0.3, -0.25) is 4.98 Å². The van der Waals surface area contributed by atoms with Crippen LogP contribution in [0.1, 0.15) is 39.3 Å². The van der Waals surface area contributed by atoms with Crippen LogP contribution in [0, 0.1) is 0 Å². The minimum Gasteiger partial charge on any atom is -0.414 e. The third kappa shape index (κ3) is 5.08. The highest BCUT2D eigenvalue weighted by Gasteiger charge is 2.38. The van der Waals surface area contributed by atoms with Crippen molar-refractivity contribution in [3.05, 3.63) is 30.1 Å². The van der Waals surface area contributed by atoms with Gasteiger partial charge in [0.2, 0.25) is 0 Å². The first kappa shape index (κ1) is 18.0. The highest BCUT2D eigenvalue weighted by molar-refractivity contribution is 7.99. The van der Waals surface area contributed by atoms with Gasteiger partial charge in [0.1, 0.15) is 5.44 Å². The Kier molecular flexibility index (Phi) is 6.11. The van der Waals surface area contributed by atoms with Crippen LogP contribution in [0.3, 0.4) is 0 Å². The van der Waals surface area contributed by atoms with Gasteiger partial charge in [0, 0.05) is 11.9 Å². The van der Waals surface area contributed by atoms with Crippen LogP contribution in [-0.2, 0) is 14.9 Å². The van der Waals surface area contributed by atoms with Gasteiger partial charge in [-0.05, 0) is 43.1 Å². The SMILES string of the molecule is CC(C)(C)[Si](C)(C)OC[C@@H]1CC[C@H](SCc2ccccn2)O1. The fourth-order valence-electron chi connectivity index (χ4n) is 2.10. The molecule has 2 atom stereocenters. The molecule has 22 heavy (non-hydrogen) atoms. The molecule has 0 bridgehead atoms. The maximum atomic E-state index is 6.28. The lowest BCUT2D eigenvalue weighted by Gasteiger charge is -2.36. The monoisotopic (exact) mass is 339 g/mol. The minimum atomic E-state index is -1.66. The van der Waals surface area contributed by atoms with Crippen molar-refractivity contribution in [3.8, 4) is 0 Å². The van der Waals surface area contributed by atoms with Crippen molar-refractivity contribution >= 4 is 20.1 Å². The zero-order valence-electron chi connectivity index (χ0n) is 14.5. The van der Waals surface area contributed by atoms with Gasteiger partial charge in [0.25, 0.3) is 0 Å². The molecule has 0 unspecified atom stereocenters. The average Bonchev–Trinajstić information content (AvgIpc) is 2.91. The minimum absolute atomic E-state index is 0.260. The molecule has 0 aliphatic carbocycles. The first-order valence-corrected chi connectivity index (χ1v) is 12.0. The van der Waals surface area contributed by atoms with Crippen molar-refractivity contribution in [3.63, 3.8) is 0 Å². The molecule has 0 spiro atoms. The zero-order chi connectivity index (χ0) is 16.2. The summed E-state index contributed by atoms with van der Waals surface area (Å²) in [6, 6.07) is 6.06. The van der Waals surface area contributed by atoms with Crippen LogP contribution < -0.4 is 0 Å². The largest absolute Gasteiger partial charge is 0.414 e. The molecule has 124 valence electrons. The van der Waals surface area contributed by atoms with E-state index in [1.807, 2.05) is 30.1 Å². The first-order chi connectivity index (χ1) is 10.3. The van der Waals surface area contributed by atoms with Crippen molar-refractivity contribution in [2.45, 2.75) is 69.0 Å². The number of hydrogen-bond acceptors (Lipinski definition) is 4. The third-order valence-corrected chi connectivity index (χ3v) is 10.3. The molecule has 0 radical (unpaired) electrons. The van der Waals surface area contributed by atoms with Gasteiger partial charge in [-0.25, -0.2) is 0 Å². The molecule has 2 heterocycles. The maximum Gasteiger partial charge on any atom is 0.192 e. The highest BCUT2D eigenvalue weighted by atomic mass is 32.2. The molecule has 0 aromatic carbocycles. The molecule has 0 saturated carbocycles. The summed E-state index contributed by atoms with van der Waals surface area (Å²) in [4.78, 5) is 4.36. The van der Waals surface area contributed by atoms with E-state index >= 15 is 0 Å². The molecule has 1 saturated heterocycles. The van der Waals surface area contributed by atoms with Crippen molar-refractivity contribution in [1.29, 1.82) is 0 Å². The van der Waals surface area contributed by atoms with E-state index < -0.39 is 8.32 Å². The lowest BCUT2D eigenvalue weighted by atomic mass is 10.2. The van der Waals surface area contributed by atoms with E-state index in [-0.39, 0.29) is 16.6 Å². The molecular weight excluding hydrogens is 310 g/mol. The lowest BCUT2D eigenvalue weighted by molar-refractivity contribution is 0.0498. The van der Waals surface area contributed by atoms with Crippen molar-refractivity contribution in [2.75, 3.05) is 6.61 Å². The molecular formula is C17H29NO2SSi. The third-order valence-electron chi connectivity index (χ3n) is 4.65. The van der Waals surface area contributed by atoms with Gasteiger partial charge in [-0.15, -0.1) is 11.8 Å². The average molecular weight is 340 g/mol. The molecule has 5 heteroatoms. The molecule has 1 fully saturated rings. The predicted molar refractivity (Wildman–Crippen MR) is 96.6 cm³/mol. The van der Waals surface area contributed by atoms with E-state index in [4.69, 9.17) is 9.16 Å². The Hall–Kier alpha value is -0.363. The molecule has 1 aromatic rings. The van der Waals surface area contributed by atoms with E-state index in [0.717, 1.165) is 30.9 Å². The molecule has 0 amide bonds. The molecule has 1 aliphatic heterocycles. The van der Waals surface area contributed by atoms with Crippen molar-refractivity contribution in [2.24, 2.45) is 0 Å². The van der Waals surface area contributed by atoms with Crippen LogP contribution >= 0.6 is 11.8 Å². The standard InChI is InChI=1S/C17H29NO2SSi/c1-17(2,3)22(4,5)19-12-15-9-10-16(20-15)21-13-14-8-6-7-11-18-14/h6-8,11,15-16H,9-10,12-13H2,1-5H3/t15-,16-/m0/s1. The topological polar surface area (TPSA) is 31.4 Å². The quantitative estimate of drug-likeness (QED) is 0.694. The van der Waals surface area contributed by atoms with Crippen LogP contribution in [0.2, 0.25) is 18.1 Å². The summed E-state index contributed by atoms with van der Waals surface area (Å²) in [5.41, 5.74) is 1.41. The molecule has 3 nitrogen and oxygen atoms in total. The van der Waals surface area contributed by atoms with Crippen LogP contribution in [0.5, 0.6) is 0 Å². The van der Waals surface area contributed by atoms with Crippen LogP contribution in [-0.4, -0.2) is 31.4 Å². The van der Waals surface area contributed by atoms with Gasteiger partial charge in [0.05, 0.1) is 18.4 Å². The van der Waals surface area contributed by atoms with Crippen molar-refractivity contribution < 1.29 is 9.16 Å². The van der Waals surface area contributed by atoms with Crippen LogP contribution in [0.4, 0.5) is 0 Å². The lowest BCUT2D eigenvalue weighted by Crippen LogP contribution is -2.42.